The molecule has 160 valence electrons. The number of rotatable bonds is 4. The molecule has 8 nitrogen and oxygen atoms in total. The summed E-state index contributed by atoms with van der Waals surface area (Å²) in [7, 11) is 0. The highest BCUT2D eigenvalue weighted by Gasteiger charge is 2.68. The first-order valence-electron chi connectivity index (χ1n) is 10.7. The van der Waals surface area contributed by atoms with Crippen molar-refractivity contribution in [2.75, 3.05) is 0 Å². The fraction of sp³-hybridized carbons (Fsp3) is 0.333. The summed E-state index contributed by atoms with van der Waals surface area (Å²) in [5, 5.41) is 0. The number of nitrogens with zero attached hydrogens (tertiary/aromatic N) is 4. The average Bonchev–Trinajstić information content (AvgIpc) is 3.24. The molecule has 0 N–H and O–H groups in total. The Labute approximate surface area is 183 Å². The molecule has 3 fully saturated rings. The molecule has 2 aliphatic heterocycles. The van der Waals surface area contributed by atoms with Crippen molar-refractivity contribution in [3.05, 3.63) is 72.3 Å². The molecule has 2 bridgehead atoms. The fourth-order valence-corrected chi connectivity index (χ4v) is 6.01. The van der Waals surface area contributed by atoms with E-state index in [1.54, 1.807) is 36.9 Å². The van der Waals surface area contributed by atoms with Gasteiger partial charge in [-0.2, -0.15) is 0 Å². The number of allylic oxidation sites excluding steroid dienone is 2. The Morgan fingerprint density at radius 2 is 1.00 bits per heavy atom. The Balaban J connectivity index is 1.31. The highest BCUT2D eigenvalue weighted by atomic mass is 16.2. The maximum atomic E-state index is 13.3. The number of likely N-dealkylation sites (tertiary alicyclic amines) is 2. The molecule has 0 aromatic carbocycles. The minimum atomic E-state index is -0.592. The summed E-state index contributed by atoms with van der Waals surface area (Å²) < 4.78 is 0. The topological polar surface area (TPSA) is 101 Å². The van der Waals surface area contributed by atoms with Gasteiger partial charge in [0.25, 0.3) is 0 Å². The number of amides is 4. The van der Waals surface area contributed by atoms with E-state index in [2.05, 4.69) is 9.97 Å². The zero-order valence-corrected chi connectivity index (χ0v) is 17.1. The van der Waals surface area contributed by atoms with Crippen LogP contribution >= 0.6 is 0 Å². The average molecular weight is 428 g/mol. The van der Waals surface area contributed by atoms with Crippen LogP contribution in [0.4, 0.5) is 0 Å². The van der Waals surface area contributed by atoms with E-state index in [4.69, 9.17) is 0 Å². The maximum Gasteiger partial charge on any atom is 0.234 e. The number of carbonyl (C=O) groups excluding carboxylic acids is 4. The molecule has 32 heavy (non-hydrogen) atoms. The Morgan fingerprint density at radius 1 is 0.625 bits per heavy atom. The van der Waals surface area contributed by atoms with Crippen LogP contribution in [0, 0.1) is 35.5 Å². The lowest BCUT2D eigenvalue weighted by molar-refractivity contribution is -0.140. The second-order valence-corrected chi connectivity index (χ2v) is 8.89. The predicted octanol–water partition coefficient (Wildman–Crippen LogP) is 1.20. The molecule has 7 rings (SSSR count). The van der Waals surface area contributed by atoms with Gasteiger partial charge in [0, 0.05) is 36.6 Å². The lowest BCUT2D eigenvalue weighted by atomic mass is 9.54. The summed E-state index contributed by atoms with van der Waals surface area (Å²) in [6.45, 7) is 0.310. The van der Waals surface area contributed by atoms with Crippen LogP contribution in [0.3, 0.4) is 0 Å². The summed E-state index contributed by atoms with van der Waals surface area (Å²) in [5.74, 6) is -4.28. The molecule has 4 amide bonds. The molecule has 2 unspecified atom stereocenters. The Hall–Kier alpha value is -3.68. The van der Waals surface area contributed by atoms with Crippen LogP contribution in [0.1, 0.15) is 11.1 Å². The third-order valence-corrected chi connectivity index (χ3v) is 7.32. The van der Waals surface area contributed by atoms with Crippen LogP contribution in [0.2, 0.25) is 0 Å². The number of hydrogen-bond donors (Lipinski definition) is 0. The summed E-state index contributed by atoms with van der Waals surface area (Å²) >= 11 is 0. The van der Waals surface area contributed by atoms with E-state index < -0.39 is 35.5 Å². The number of imide groups is 2. The predicted molar refractivity (Wildman–Crippen MR) is 110 cm³/mol. The monoisotopic (exact) mass is 428 g/mol. The van der Waals surface area contributed by atoms with Crippen molar-refractivity contribution < 1.29 is 19.2 Å². The van der Waals surface area contributed by atoms with Crippen LogP contribution in [0.5, 0.6) is 0 Å². The normalized spacial score (nSPS) is 32.6. The van der Waals surface area contributed by atoms with E-state index in [0.29, 0.717) is 0 Å². The van der Waals surface area contributed by atoms with E-state index in [9.17, 15) is 19.2 Å². The SMILES string of the molecule is O=C1[C@@H]2C3C=CC([C@@H]2C(=O)N1Cc1cccnc1)[C@@H]1C(=O)N(Cc2cccnc2)C(=O)[C@@H]31. The first-order valence-corrected chi connectivity index (χ1v) is 10.7. The number of hydrogen-bond acceptors (Lipinski definition) is 6. The lowest BCUT2D eigenvalue weighted by Crippen LogP contribution is -2.50. The highest BCUT2D eigenvalue weighted by molar-refractivity contribution is 6.10. The molecule has 2 aromatic rings. The van der Waals surface area contributed by atoms with Gasteiger partial charge in [0.2, 0.25) is 23.6 Å². The van der Waals surface area contributed by atoms with Gasteiger partial charge in [-0.3, -0.25) is 38.9 Å². The van der Waals surface area contributed by atoms with E-state index >= 15 is 0 Å². The smallest absolute Gasteiger partial charge is 0.234 e. The maximum absolute atomic E-state index is 13.3. The van der Waals surface area contributed by atoms with Gasteiger partial charge in [-0.25, -0.2) is 0 Å². The zero-order chi connectivity index (χ0) is 22.0. The molecule has 8 heteroatoms. The Bertz CT molecular complexity index is 1030. The quantitative estimate of drug-likeness (QED) is 0.536. The van der Waals surface area contributed by atoms with Gasteiger partial charge < -0.3 is 0 Å². The van der Waals surface area contributed by atoms with E-state index in [0.717, 1.165) is 11.1 Å². The van der Waals surface area contributed by atoms with Crippen LogP contribution in [0.25, 0.3) is 0 Å². The summed E-state index contributed by atoms with van der Waals surface area (Å²) in [6.07, 6.45) is 10.3. The molecule has 1 saturated carbocycles. The van der Waals surface area contributed by atoms with Gasteiger partial charge in [-0.15, -0.1) is 0 Å². The van der Waals surface area contributed by atoms with Gasteiger partial charge in [0.1, 0.15) is 0 Å². The second-order valence-electron chi connectivity index (χ2n) is 8.89. The van der Waals surface area contributed by atoms with Crippen LogP contribution in [-0.2, 0) is 32.3 Å². The highest BCUT2D eigenvalue weighted by Crippen LogP contribution is 2.58. The summed E-state index contributed by atoms with van der Waals surface area (Å²) in [6, 6.07) is 7.16. The van der Waals surface area contributed by atoms with Gasteiger partial charge in [0.15, 0.2) is 0 Å². The molecule has 6 atom stereocenters. The lowest BCUT2D eigenvalue weighted by Gasteiger charge is -2.44. The van der Waals surface area contributed by atoms with Gasteiger partial charge in [0.05, 0.1) is 36.8 Å². The molecule has 0 radical (unpaired) electrons. The van der Waals surface area contributed by atoms with Crippen LogP contribution in [0.15, 0.2) is 61.2 Å². The fourth-order valence-electron chi connectivity index (χ4n) is 6.01. The minimum absolute atomic E-state index is 0.155. The molecule has 2 aromatic heterocycles. The Morgan fingerprint density at radius 3 is 1.31 bits per heavy atom. The molecular formula is C24H20N4O4. The van der Waals surface area contributed by atoms with Crippen molar-refractivity contribution in [1.82, 2.24) is 19.8 Å². The summed E-state index contributed by atoms with van der Waals surface area (Å²) in [5.41, 5.74) is 1.53. The largest absolute Gasteiger partial charge is 0.278 e. The molecular weight excluding hydrogens is 408 g/mol. The first-order chi connectivity index (χ1) is 15.6. The third-order valence-electron chi connectivity index (χ3n) is 7.32. The van der Waals surface area contributed by atoms with E-state index in [1.807, 2.05) is 24.3 Å². The number of carbonyl (C=O) groups is 4. The second kappa shape index (κ2) is 6.91. The van der Waals surface area contributed by atoms with Crippen molar-refractivity contribution in [2.45, 2.75) is 13.1 Å². The van der Waals surface area contributed by atoms with Crippen molar-refractivity contribution in [2.24, 2.45) is 35.5 Å². The van der Waals surface area contributed by atoms with Crippen molar-refractivity contribution in [3.8, 4) is 0 Å². The van der Waals surface area contributed by atoms with Crippen LogP contribution in [-0.4, -0.2) is 43.4 Å². The third kappa shape index (κ3) is 2.55. The minimum Gasteiger partial charge on any atom is -0.278 e. The molecule has 2 saturated heterocycles. The molecule has 4 heterocycles. The standard InChI is InChI=1S/C24H20N4O4/c29-21-17-15-5-6-16(18(17)22(30)27(21)11-13-3-1-7-25-9-13)20-19(15)23(31)28(24(20)32)12-14-4-2-8-26-10-14/h1-10,15-20H,11-12H2/t15?,16?,17-,18-,19-,20+/m0/s1. The molecule has 3 aliphatic carbocycles. The van der Waals surface area contributed by atoms with Crippen LogP contribution < -0.4 is 0 Å². The van der Waals surface area contributed by atoms with Crippen molar-refractivity contribution >= 4 is 23.6 Å². The van der Waals surface area contributed by atoms with Gasteiger partial charge in [-0.05, 0) is 23.3 Å². The number of pyridine rings is 2. The van der Waals surface area contributed by atoms with Gasteiger partial charge in [-0.1, -0.05) is 24.3 Å². The molecule has 5 aliphatic rings. The first kappa shape index (κ1) is 19.0. The van der Waals surface area contributed by atoms with Crippen molar-refractivity contribution in [3.63, 3.8) is 0 Å². The summed E-state index contributed by atoms with van der Waals surface area (Å²) in [4.78, 5) is 64.0. The van der Waals surface area contributed by atoms with E-state index in [1.165, 1.54) is 9.80 Å². The molecule has 0 spiro atoms. The Kier molecular flexibility index (Phi) is 4.11. The van der Waals surface area contributed by atoms with Gasteiger partial charge >= 0.3 is 0 Å². The number of aromatic nitrogens is 2. The zero-order valence-electron chi connectivity index (χ0n) is 17.1. The van der Waals surface area contributed by atoms with Crippen molar-refractivity contribution in [1.29, 1.82) is 0 Å². The van der Waals surface area contributed by atoms with E-state index in [-0.39, 0.29) is 36.7 Å².